The first-order valence-electron chi connectivity index (χ1n) is 8.44. The van der Waals surface area contributed by atoms with Crippen molar-refractivity contribution in [3.05, 3.63) is 0 Å². The van der Waals surface area contributed by atoms with E-state index >= 15 is 0 Å². The summed E-state index contributed by atoms with van der Waals surface area (Å²) in [6, 6.07) is 0. The molecular formula is C17H35N. The maximum atomic E-state index is 3.66. The lowest BCUT2D eigenvalue weighted by Crippen LogP contribution is -2.28. The quantitative estimate of drug-likeness (QED) is 0.473. The van der Waals surface area contributed by atoms with Crippen molar-refractivity contribution in [1.29, 1.82) is 0 Å². The maximum Gasteiger partial charge on any atom is -0.00179 e. The van der Waals surface area contributed by atoms with E-state index in [0.29, 0.717) is 0 Å². The summed E-state index contributed by atoms with van der Waals surface area (Å²) in [5, 5.41) is 3.66. The molecule has 0 bridgehead atoms. The van der Waals surface area contributed by atoms with Gasteiger partial charge in [-0.2, -0.15) is 0 Å². The van der Waals surface area contributed by atoms with Gasteiger partial charge in [0.1, 0.15) is 0 Å². The Kier molecular flexibility index (Phi) is 8.75. The average Bonchev–Trinajstić information content (AvgIpc) is 2.55. The van der Waals surface area contributed by atoms with Crippen LogP contribution >= 0.6 is 0 Å². The van der Waals surface area contributed by atoms with Gasteiger partial charge < -0.3 is 5.32 Å². The molecule has 2 atom stereocenters. The number of nitrogens with one attached hydrogen (secondary N) is 1. The van der Waals surface area contributed by atoms with E-state index in [-0.39, 0.29) is 0 Å². The van der Waals surface area contributed by atoms with E-state index in [4.69, 9.17) is 0 Å². The summed E-state index contributed by atoms with van der Waals surface area (Å²) in [5.41, 5.74) is 0. The van der Waals surface area contributed by atoms with Gasteiger partial charge in [0.25, 0.3) is 0 Å². The van der Waals surface area contributed by atoms with Gasteiger partial charge in [0.05, 0.1) is 0 Å². The van der Waals surface area contributed by atoms with Gasteiger partial charge in [0.2, 0.25) is 0 Å². The zero-order valence-electron chi connectivity index (χ0n) is 13.0. The minimum atomic E-state index is 0.882. The molecule has 1 heteroatoms. The van der Waals surface area contributed by atoms with Gasteiger partial charge in [-0.1, -0.05) is 65.7 Å². The monoisotopic (exact) mass is 253 g/mol. The lowest BCUT2D eigenvalue weighted by atomic mass is 9.83. The molecular weight excluding hydrogens is 218 g/mol. The first-order chi connectivity index (χ1) is 8.74. The summed E-state index contributed by atoms with van der Waals surface area (Å²) >= 11 is 0. The topological polar surface area (TPSA) is 12.0 Å². The molecule has 1 aliphatic carbocycles. The molecule has 108 valence electrons. The van der Waals surface area contributed by atoms with Crippen molar-refractivity contribution in [1.82, 2.24) is 5.32 Å². The Bertz CT molecular complexity index is 188. The van der Waals surface area contributed by atoms with E-state index in [2.05, 4.69) is 26.1 Å². The van der Waals surface area contributed by atoms with Crippen molar-refractivity contribution in [2.75, 3.05) is 13.1 Å². The van der Waals surface area contributed by atoms with E-state index in [1.807, 2.05) is 0 Å². The van der Waals surface area contributed by atoms with Crippen LogP contribution in [0.3, 0.4) is 0 Å². The van der Waals surface area contributed by atoms with Crippen molar-refractivity contribution in [2.45, 2.75) is 78.6 Å². The second kappa shape index (κ2) is 9.83. The molecule has 18 heavy (non-hydrogen) atoms. The van der Waals surface area contributed by atoms with Gasteiger partial charge in [-0.25, -0.2) is 0 Å². The van der Waals surface area contributed by atoms with Crippen LogP contribution in [-0.4, -0.2) is 13.1 Å². The third kappa shape index (κ3) is 6.78. The van der Waals surface area contributed by atoms with Crippen molar-refractivity contribution in [2.24, 2.45) is 17.8 Å². The molecule has 1 aliphatic rings. The molecule has 0 aromatic heterocycles. The normalized spacial score (nSPS) is 25.3. The van der Waals surface area contributed by atoms with Crippen LogP contribution in [0.2, 0.25) is 0 Å². The third-order valence-corrected chi connectivity index (χ3v) is 4.51. The van der Waals surface area contributed by atoms with Gasteiger partial charge in [-0.15, -0.1) is 0 Å². The molecule has 0 radical (unpaired) electrons. The SMILES string of the molecule is CCCNCC1CCCCCC1CCCC(C)C. The summed E-state index contributed by atoms with van der Waals surface area (Å²) in [4.78, 5) is 0. The predicted octanol–water partition coefficient (Wildman–Crippen LogP) is 5.01. The molecule has 0 heterocycles. The lowest BCUT2D eigenvalue weighted by molar-refractivity contribution is 0.272. The molecule has 0 aromatic rings. The van der Waals surface area contributed by atoms with Gasteiger partial charge in [-0.3, -0.25) is 0 Å². The molecule has 1 nitrogen and oxygen atoms in total. The minimum Gasteiger partial charge on any atom is -0.316 e. The summed E-state index contributed by atoms with van der Waals surface area (Å²) in [6.07, 6.45) is 13.0. The molecule has 2 unspecified atom stereocenters. The largest absolute Gasteiger partial charge is 0.316 e. The highest BCUT2D eigenvalue weighted by atomic mass is 14.9. The second-order valence-corrected chi connectivity index (χ2v) is 6.69. The predicted molar refractivity (Wildman–Crippen MR) is 81.9 cm³/mol. The van der Waals surface area contributed by atoms with Crippen LogP contribution < -0.4 is 5.32 Å². The van der Waals surface area contributed by atoms with E-state index in [0.717, 1.165) is 17.8 Å². The highest BCUT2D eigenvalue weighted by molar-refractivity contribution is 4.76. The van der Waals surface area contributed by atoms with Crippen molar-refractivity contribution in [3.8, 4) is 0 Å². The Hall–Kier alpha value is -0.0400. The third-order valence-electron chi connectivity index (χ3n) is 4.51. The van der Waals surface area contributed by atoms with Gasteiger partial charge in [0.15, 0.2) is 0 Å². The maximum absolute atomic E-state index is 3.66. The van der Waals surface area contributed by atoms with Crippen molar-refractivity contribution >= 4 is 0 Å². The first kappa shape index (κ1) is 16.0. The van der Waals surface area contributed by atoms with Crippen LogP contribution in [0.4, 0.5) is 0 Å². The molecule has 0 aliphatic heterocycles. The molecule has 0 aromatic carbocycles. The van der Waals surface area contributed by atoms with Gasteiger partial charge in [-0.05, 0) is 43.7 Å². The first-order valence-corrected chi connectivity index (χ1v) is 8.44. The Morgan fingerprint density at radius 2 is 1.78 bits per heavy atom. The van der Waals surface area contributed by atoms with E-state index < -0.39 is 0 Å². The number of rotatable bonds is 8. The van der Waals surface area contributed by atoms with Crippen LogP contribution in [-0.2, 0) is 0 Å². The summed E-state index contributed by atoms with van der Waals surface area (Å²) in [6.45, 7) is 9.45. The Morgan fingerprint density at radius 3 is 2.44 bits per heavy atom. The molecule has 1 rings (SSSR count). The molecule has 1 fully saturated rings. The van der Waals surface area contributed by atoms with Crippen molar-refractivity contribution in [3.63, 3.8) is 0 Å². The molecule has 1 N–H and O–H groups in total. The molecule has 0 saturated heterocycles. The average molecular weight is 253 g/mol. The minimum absolute atomic E-state index is 0.882. The fraction of sp³-hybridized carbons (Fsp3) is 1.00. The molecule has 0 spiro atoms. The van der Waals surface area contributed by atoms with E-state index in [1.54, 1.807) is 0 Å². The smallest absolute Gasteiger partial charge is 0.00179 e. The fourth-order valence-electron chi connectivity index (χ4n) is 3.36. The van der Waals surface area contributed by atoms with E-state index in [9.17, 15) is 0 Å². The summed E-state index contributed by atoms with van der Waals surface area (Å²) in [5.74, 6) is 2.86. The van der Waals surface area contributed by atoms with Crippen LogP contribution in [0.5, 0.6) is 0 Å². The van der Waals surface area contributed by atoms with Crippen molar-refractivity contribution < 1.29 is 0 Å². The number of hydrogen-bond acceptors (Lipinski definition) is 1. The van der Waals surface area contributed by atoms with Gasteiger partial charge in [0, 0.05) is 0 Å². The van der Waals surface area contributed by atoms with Gasteiger partial charge >= 0.3 is 0 Å². The Labute approximate surface area is 115 Å². The van der Waals surface area contributed by atoms with E-state index in [1.165, 1.54) is 70.9 Å². The standard InChI is InChI=1S/C17H35N/c1-4-13-18-14-17-11-7-5-6-10-16(17)12-8-9-15(2)3/h15-18H,4-14H2,1-3H3. The highest BCUT2D eigenvalue weighted by Gasteiger charge is 2.22. The summed E-state index contributed by atoms with van der Waals surface area (Å²) < 4.78 is 0. The summed E-state index contributed by atoms with van der Waals surface area (Å²) in [7, 11) is 0. The molecule has 1 saturated carbocycles. The lowest BCUT2D eigenvalue weighted by Gasteiger charge is -2.26. The Morgan fingerprint density at radius 1 is 1.06 bits per heavy atom. The highest BCUT2D eigenvalue weighted by Crippen LogP contribution is 2.32. The fourth-order valence-corrected chi connectivity index (χ4v) is 3.36. The zero-order chi connectivity index (χ0) is 13.2. The second-order valence-electron chi connectivity index (χ2n) is 6.69. The van der Waals surface area contributed by atoms with Crippen LogP contribution in [0.15, 0.2) is 0 Å². The molecule has 0 amide bonds. The number of hydrogen-bond donors (Lipinski definition) is 1. The van der Waals surface area contributed by atoms with Crippen LogP contribution in [0.1, 0.15) is 78.6 Å². The zero-order valence-corrected chi connectivity index (χ0v) is 13.0. The van der Waals surface area contributed by atoms with Crippen LogP contribution in [0, 0.1) is 17.8 Å². The van der Waals surface area contributed by atoms with Crippen LogP contribution in [0.25, 0.3) is 0 Å². The Balaban J connectivity index is 2.31.